The molecule has 106 valence electrons. The van der Waals surface area contributed by atoms with Crippen LogP contribution in [0.2, 0.25) is 0 Å². The number of hydrogen-bond donors (Lipinski definition) is 0. The van der Waals surface area contributed by atoms with Crippen molar-refractivity contribution >= 4 is 18.3 Å². The first-order valence-electron chi connectivity index (χ1n) is 6.38. The van der Waals surface area contributed by atoms with E-state index in [1.165, 1.54) is 7.05 Å². The molecule has 4 nitrogen and oxygen atoms in total. The summed E-state index contributed by atoms with van der Waals surface area (Å²) in [6.45, 7) is 3.67. The smallest absolute Gasteiger partial charge is 0.286 e. The Labute approximate surface area is 123 Å². The summed E-state index contributed by atoms with van der Waals surface area (Å²) in [6.07, 6.45) is 2.37. The van der Waals surface area contributed by atoms with E-state index in [0.717, 1.165) is 10.6 Å². The maximum absolute atomic E-state index is 12.3. The van der Waals surface area contributed by atoms with E-state index in [1.807, 2.05) is 12.1 Å². The van der Waals surface area contributed by atoms with Gasteiger partial charge in [0.2, 0.25) is 0 Å². The van der Waals surface area contributed by atoms with Gasteiger partial charge in [0.15, 0.2) is 12.0 Å². The largest absolute Gasteiger partial charge is 0.377 e. The van der Waals surface area contributed by atoms with Crippen LogP contribution in [0.15, 0.2) is 55.1 Å². The highest BCUT2D eigenvalue weighted by Gasteiger charge is 2.16. The van der Waals surface area contributed by atoms with Crippen molar-refractivity contribution in [1.29, 1.82) is 0 Å². The van der Waals surface area contributed by atoms with Gasteiger partial charge in [-0.25, -0.2) is 0 Å². The number of nitrogens with zero attached hydrogens (tertiary/aromatic N) is 1. The van der Waals surface area contributed by atoms with Crippen LogP contribution in [0.5, 0.6) is 5.75 Å². The second-order valence-corrected chi connectivity index (χ2v) is 4.37. The highest BCUT2D eigenvalue weighted by atomic mass is 16.7. The first-order valence-corrected chi connectivity index (χ1v) is 6.38. The lowest BCUT2D eigenvalue weighted by Crippen LogP contribution is -2.30. The van der Waals surface area contributed by atoms with E-state index in [4.69, 9.17) is 4.84 Å². The van der Waals surface area contributed by atoms with Crippen molar-refractivity contribution in [2.75, 3.05) is 7.05 Å². The summed E-state index contributed by atoms with van der Waals surface area (Å²) in [5.74, 6) is 0.144. The summed E-state index contributed by atoms with van der Waals surface area (Å²) in [4.78, 5) is 28.7. The van der Waals surface area contributed by atoms with Gasteiger partial charge in [-0.2, -0.15) is 5.06 Å². The van der Waals surface area contributed by atoms with Crippen molar-refractivity contribution in [2.45, 2.75) is 0 Å². The van der Waals surface area contributed by atoms with E-state index in [-0.39, 0.29) is 5.91 Å². The van der Waals surface area contributed by atoms with Crippen LogP contribution in [-0.2, 0) is 0 Å². The average Bonchev–Trinajstić information content (AvgIpc) is 2.54. The zero-order valence-corrected chi connectivity index (χ0v) is 11.7. The van der Waals surface area contributed by atoms with E-state index in [2.05, 4.69) is 6.58 Å². The Hall–Kier alpha value is -2.88. The van der Waals surface area contributed by atoms with Gasteiger partial charge >= 0.3 is 0 Å². The fourth-order valence-electron chi connectivity index (χ4n) is 1.83. The van der Waals surface area contributed by atoms with Crippen LogP contribution in [0.1, 0.15) is 26.3 Å². The molecular formula is C17H15NO3. The molecule has 0 saturated heterocycles. The molecule has 4 heteroatoms. The highest BCUT2D eigenvalue weighted by Crippen LogP contribution is 2.16. The van der Waals surface area contributed by atoms with Crippen LogP contribution in [0, 0.1) is 0 Å². The summed E-state index contributed by atoms with van der Waals surface area (Å²) < 4.78 is 0. The van der Waals surface area contributed by atoms with Crippen LogP contribution in [0.25, 0.3) is 6.08 Å². The topological polar surface area (TPSA) is 46.6 Å². The van der Waals surface area contributed by atoms with Gasteiger partial charge in [-0.3, -0.25) is 9.59 Å². The monoisotopic (exact) mass is 281 g/mol. The van der Waals surface area contributed by atoms with Crippen molar-refractivity contribution in [2.24, 2.45) is 0 Å². The van der Waals surface area contributed by atoms with Crippen LogP contribution >= 0.6 is 0 Å². The van der Waals surface area contributed by atoms with E-state index >= 15 is 0 Å². The standard InChI is InChI=1S/C17H15NO3/c1-3-13-8-10-15(11-9-13)21-18(2)17(20)16-7-5-4-6-14(16)12-19/h3-12H,1H2,2H3. The molecule has 0 atom stereocenters. The predicted octanol–water partition coefficient (Wildman–Crippen LogP) is 3.21. The Morgan fingerprint density at radius 3 is 2.43 bits per heavy atom. The molecule has 1 amide bonds. The molecule has 21 heavy (non-hydrogen) atoms. The number of rotatable bonds is 5. The highest BCUT2D eigenvalue weighted by molar-refractivity contribution is 6.00. The van der Waals surface area contributed by atoms with Crippen molar-refractivity contribution < 1.29 is 14.4 Å². The number of carbonyl (C=O) groups is 2. The van der Waals surface area contributed by atoms with E-state index in [0.29, 0.717) is 23.2 Å². The molecule has 2 rings (SSSR count). The molecule has 0 bridgehead atoms. The van der Waals surface area contributed by atoms with Crippen molar-refractivity contribution in [3.8, 4) is 5.75 Å². The van der Waals surface area contributed by atoms with Crippen LogP contribution in [0.3, 0.4) is 0 Å². The normalized spacial score (nSPS) is 9.76. The number of benzene rings is 2. The van der Waals surface area contributed by atoms with Crippen molar-refractivity contribution in [3.63, 3.8) is 0 Å². The minimum atomic E-state index is -0.384. The Balaban J connectivity index is 2.15. The molecule has 2 aromatic carbocycles. The Morgan fingerprint density at radius 2 is 1.81 bits per heavy atom. The molecule has 0 spiro atoms. The lowest BCUT2D eigenvalue weighted by atomic mass is 10.1. The van der Waals surface area contributed by atoms with Gasteiger partial charge in [0.1, 0.15) is 0 Å². The van der Waals surface area contributed by atoms with E-state index in [1.54, 1.807) is 42.5 Å². The third kappa shape index (κ3) is 3.36. The molecule has 2 aromatic rings. The van der Waals surface area contributed by atoms with Crippen LogP contribution in [0.4, 0.5) is 0 Å². The van der Waals surface area contributed by atoms with Gasteiger partial charge in [-0.05, 0) is 23.8 Å². The van der Waals surface area contributed by atoms with Crippen molar-refractivity contribution in [3.05, 3.63) is 71.8 Å². The first-order chi connectivity index (χ1) is 10.2. The molecule has 0 unspecified atom stereocenters. The van der Waals surface area contributed by atoms with Gasteiger partial charge in [-0.15, -0.1) is 0 Å². The fraction of sp³-hybridized carbons (Fsp3) is 0.0588. The first kappa shape index (κ1) is 14.5. The Bertz CT molecular complexity index is 662. The number of aldehydes is 1. The SMILES string of the molecule is C=Cc1ccc(ON(C)C(=O)c2ccccc2C=O)cc1. The van der Waals surface area contributed by atoms with Crippen LogP contribution in [-0.4, -0.2) is 24.3 Å². The number of carbonyl (C=O) groups excluding carboxylic acids is 2. The summed E-state index contributed by atoms with van der Waals surface area (Å²) in [5, 5.41) is 1.10. The molecule has 0 N–H and O–H groups in total. The van der Waals surface area contributed by atoms with Gasteiger partial charge in [-0.1, -0.05) is 43.0 Å². The molecule has 0 fully saturated rings. The molecule has 0 aliphatic rings. The molecule has 0 saturated carbocycles. The minimum absolute atomic E-state index is 0.303. The van der Waals surface area contributed by atoms with E-state index in [9.17, 15) is 9.59 Å². The summed E-state index contributed by atoms with van der Waals surface area (Å²) in [5.41, 5.74) is 1.60. The zero-order chi connectivity index (χ0) is 15.2. The predicted molar refractivity (Wildman–Crippen MR) is 81.1 cm³/mol. The zero-order valence-electron chi connectivity index (χ0n) is 11.7. The summed E-state index contributed by atoms with van der Waals surface area (Å²) >= 11 is 0. The van der Waals surface area contributed by atoms with Gasteiger partial charge in [0, 0.05) is 12.6 Å². The average molecular weight is 281 g/mol. The van der Waals surface area contributed by atoms with Crippen LogP contribution < -0.4 is 4.84 Å². The molecule has 0 aliphatic heterocycles. The maximum atomic E-state index is 12.3. The fourth-order valence-corrected chi connectivity index (χ4v) is 1.83. The van der Waals surface area contributed by atoms with E-state index < -0.39 is 0 Å². The Kier molecular flexibility index (Phi) is 4.51. The van der Waals surface area contributed by atoms with Gasteiger partial charge in [0.05, 0.1) is 5.56 Å². The number of hydrogen-bond acceptors (Lipinski definition) is 3. The third-order valence-corrected chi connectivity index (χ3v) is 2.96. The quantitative estimate of drug-likeness (QED) is 0.624. The molecule has 0 heterocycles. The minimum Gasteiger partial charge on any atom is -0.377 e. The third-order valence-electron chi connectivity index (χ3n) is 2.96. The second kappa shape index (κ2) is 6.52. The second-order valence-electron chi connectivity index (χ2n) is 4.37. The molecule has 0 aromatic heterocycles. The van der Waals surface area contributed by atoms with Crippen molar-refractivity contribution in [1.82, 2.24) is 5.06 Å². The summed E-state index contributed by atoms with van der Waals surface area (Å²) in [6, 6.07) is 13.7. The molecule has 0 aliphatic carbocycles. The van der Waals surface area contributed by atoms with Gasteiger partial charge in [0.25, 0.3) is 5.91 Å². The Morgan fingerprint density at radius 1 is 1.14 bits per heavy atom. The summed E-state index contributed by atoms with van der Waals surface area (Å²) in [7, 11) is 1.51. The lowest BCUT2D eigenvalue weighted by molar-refractivity contribution is -0.0139. The molecular weight excluding hydrogens is 266 g/mol. The number of hydroxylamine groups is 2. The number of amides is 1. The maximum Gasteiger partial charge on any atom is 0.286 e. The molecule has 0 radical (unpaired) electrons. The lowest BCUT2D eigenvalue weighted by Gasteiger charge is -2.18. The van der Waals surface area contributed by atoms with Gasteiger partial charge < -0.3 is 4.84 Å².